The third kappa shape index (κ3) is 40.4. The van der Waals surface area contributed by atoms with Crippen molar-refractivity contribution in [3.8, 4) is 0 Å². The molecule has 10 heteroatoms. The molecule has 0 bridgehead atoms. The number of hydrogen-bond donors (Lipinski definition) is 3. The minimum Gasteiger partial charge on any atom is -0.398 e. The molecule has 0 spiro atoms. The summed E-state index contributed by atoms with van der Waals surface area (Å²) in [6.45, 7) is 3.83. The van der Waals surface area contributed by atoms with Crippen LogP contribution in [-0.4, -0.2) is 43.7 Å². The lowest BCUT2D eigenvalue weighted by molar-refractivity contribution is 0.109. The molecular weight excluding hydrogens is 229 g/mol. The van der Waals surface area contributed by atoms with Crippen molar-refractivity contribution in [3.63, 3.8) is 0 Å². The van der Waals surface area contributed by atoms with Crippen molar-refractivity contribution in [2.45, 2.75) is 0 Å². The molecule has 1 saturated heterocycles. The van der Waals surface area contributed by atoms with E-state index in [-0.39, 0.29) is 27.6 Å². The molecule has 1 aliphatic rings. The summed E-state index contributed by atoms with van der Waals surface area (Å²) < 4.78 is 15.1. The van der Waals surface area contributed by atoms with Gasteiger partial charge in [-0.1, -0.05) is 0 Å². The molecule has 0 aromatic carbocycles. The van der Waals surface area contributed by atoms with Crippen molar-refractivity contribution in [3.05, 3.63) is 0 Å². The summed E-state index contributed by atoms with van der Waals surface area (Å²) >= 11 is 0. The van der Waals surface area contributed by atoms with Gasteiger partial charge in [0, 0.05) is 13.1 Å². The molecule has 0 aliphatic carbocycles. The van der Waals surface area contributed by atoms with Crippen molar-refractivity contribution in [2.24, 2.45) is 0 Å². The van der Waals surface area contributed by atoms with Crippen LogP contribution < -0.4 is 5.32 Å². The zero-order valence-corrected chi connectivity index (χ0v) is 8.31. The van der Waals surface area contributed by atoms with Gasteiger partial charge in [0.2, 0.25) is 0 Å². The average molecular weight is 245 g/mol. The van der Waals surface area contributed by atoms with E-state index in [1.165, 1.54) is 0 Å². The standard InChI is InChI=1S/C4H9NO.BFH2O2.3FH.H2S/c1-3-6-4-2-5-1;2-1(3)4;;;;/h5H,1-4H2;3-4H;3*1H;1H2. The number of nitrogens with one attached hydrogen (secondary N) is 1. The van der Waals surface area contributed by atoms with Crippen LogP contribution in [0.2, 0.25) is 0 Å². The lowest BCUT2D eigenvalue weighted by Crippen LogP contribution is -2.30. The number of rotatable bonds is 0. The summed E-state index contributed by atoms with van der Waals surface area (Å²) in [4.78, 5) is 0. The van der Waals surface area contributed by atoms with E-state index >= 15 is 0 Å². The minimum atomic E-state index is -2.67. The Hall–Kier alpha value is -0.0251. The van der Waals surface area contributed by atoms with E-state index in [0.717, 1.165) is 26.3 Å². The van der Waals surface area contributed by atoms with Gasteiger partial charge in [0.1, 0.15) is 0 Å². The Balaban J connectivity index is -0.0000000315. The number of hydrogen-bond acceptors (Lipinski definition) is 4. The molecule has 3 N–H and O–H groups in total. The monoisotopic (exact) mass is 245 g/mol. The van der Waals surface area contributed by atoms with E-state index in [2.05, 4.69) is 5.32 Å². The van der Waals surface area contributed by atoms with Gasteiger partial charge < -0.3 is 20.1 Å². The highest BCUT2D eigenvalue weighted by Gasteiger charge is 1.97. The first kappa shape index (κ1) is 29.2. The first-order valence-electron chi connectivity index (χ1n) is 3.02. The molecule has 0 saturated carbocycles. The zero-order chi connectivity index (χ0) is 7.82. The molecule has 0 unspecified atom stereocenters. The molecule has 0 radical (unpaired) electrons. The Labute approximate surface area is 86.6 Å². The summed E-state index contributed by atoms with van der Waals surface area (Å²) in [7, 11) is -2.67. The third-order valence-electron chi connectivity index (χ3n) is 0.846. The normalized spacial score (nSPS) is 12.2. The summed E-state index contributed by atoms with van der Waals surface area (Å²) in [6.07, 6.45) is 0. The fourth-order valence-electron chi connectivity index (χ4n) is 0.516. The SMILES string of the molecule is C1COCCN1.F.F.F.OB(O)F.S. The fraction of sp³-hybridized carbons (Fsp3) is 1.00. The molecule has 1 rings (SSSR count). The molecule has 92 valence electrons. The van der Waals surface area contributed by atoms with E-state index in [4.69, 9.17) is 14.8 Å². The lowest BCUT2D eigenvalue weighted by Gasteiger charge is -2.10. The van der Waals surface area contributed by atoms with E-state index in [9.17, 15) is 4.32 Å². The minimum absolute atomic E-state index is 0. The Morgan fingerprint density at radius 2 is 1.36 bits per heavy atom. The highest BCUT2D eigenvalue weighted by molar-refractivity contribution is 7.59. The van der Waals surface area contributed by atoms with Gasteiger partial charge in [0.05, 0.1) is 13.2 Å². The number of morpholine rings is 1. The van der Waals surface area contributed by atoms with Crippen LogP contribution in [0, 0.1) is 0 Å². The molecular formula is C4H16BF4NO3S. The summed E-state index contributed by atoms with van der Waals surface area (Å²) in [6, 6.07) is 0. The molecule has 0 aromatic heterocycles. The Kier molecular flexibility index (Phi) is 48.2. The molecule has 14 heavy (non-hydrogen) atoms. The predicted octanol–water partition coefficient (Wildman–Crippen LogP) is -0.898. The van der Waals surface area contributed by atoms with Crippen molar-refractivity contribution in [1.82, 2.24) is 5.32 Å². The van der Waals surface area contributed by atoms with Crippen LogP contribution in [0.3, 0.4) is 0 Å². The second-order valence-electron chi connectivity index (χ2n) is 1.67. The molecule has 4 nitrogen and oxygen atoms in total. The van der Waals surface area contributed by atoms with E-state index in [0.29, 0.717) is 0 Å². The topological polar surface area (TPSA) is 61.7 Å². The van der Waals surface area contributed by atoms with Gasteiger partial charge >= 0.3 is 7.40 Å². The number of halogens is 4. The van der Waals surface area contributed by atoms with E-state index in [1.807, 2.05) is 0 Å². The second kappa shape index (κ2) is 23.1. The smallest absolute Gasteiger partial charge is 0.398 e. The molecule has 0 aromatic rings. The number of ether oxygens (including phenoxy) is 1. The molecule has 0 amide bonds. The molecule has 1 heterocycles. The Morgan fingerprint density at radius 1 is 1.07 bits per heavy atom. The van der Waals surface area contributed by atoms with Gasteiger partial charge in [-0.05, 0) is 0 Å². The highest BCUT2D eigenvalue weighted by Crippen LogP contribution is 1.76. The maximum absolute atomic E-state index is 10.1. The van der Waals surface area contributed by atoms with Crippen molar-refractivity contribution in [1.29, 1.82) is 0 Å². The first-order valence-corrected chi connectivity index (χ1v) is 3.02. The Morgan fingerprint density at radius 3 is 1.43 bits per heavy atom. The maximum atomic E-state index is 10.1. The van der Waals surface area contributed by atoms with Gasteiger partial charge in [-0.3, -0.25) is 18.4 Å². The van der Waals surface area contributed by atoms with Gasteiger partial charge in [-0.2, -0.15) is 13.5 Å². The van der Waals surface area contributed by atoms with Crippen LogP contribution >= 0.6 is 13.5 Å². The molecule has 1 fully saturated rings. The van der Waals surface area contributed by atoms with Gasteiger partial charge in [-0.15, -0.1) is 0 Å². The van der Waals surface area contributed by atoms with Gasteiger partial charge in [-0.25, -0.2) is 0 Å². The van der Waals surface area contributed by atoms with Crippen LogP contribution in [0.15, 0.2) is 0 Å². The lowest BCUT2D eigenvalue weighted by atomic mass is 10.3. The predicted molar refractivity (Wildman–Crippen MR) is 52.9 cm³/mol. The largest absolute Gasteiger partial charge is 0.674 e. The fourth-order valence-corrected chi connectivity index (χ4v) is 0.516. The maximum Gasteiger partial charge on any atom is 0.674 e. The zero-order valence-electron chi connectivity index (χ0n) is 7.31. The van der Waals surface area contributed by atoms with E-state index < -0.39 is 7.40 Å². The summed E-state index contributed by atoms with van der Waals surface area (Å²) in [5, 5.41) is 17.0. The van der Waals surface area contributed by atoms with Crippen LogP contribution in [0.25, 0.3) is 0 Å². The average Bonchev–Trinajstić information content (AvgIpc) is 1.90. The van der Waals surface area contributed by atoms with E-state index in [1.54, 1.807) is 0 Å². The molecule has 0 atom stereocenters. The molecule has 1 aliphatic heterocycles. The van der Waals surface area contributed by atoms with Crippen LogP contribution in [-0.2, 0) is 4.74 Å². The summed E-state index contributed by atoms with van der Waals surface area (Å²) in [5.74, 6) is 0. The Bertz CT molecular complexity index is 69.3. The van der Waals surface area contributed by atoms with Crippen LogP contribution in [0.5, 0.6) is 0 Å². The third-order valence-corrected chi connectivity index (χ3v) is 0.846. The summed E-state index contributed by atoms with van der Waals surface area (Å²) in [5.41, 5.74) is 0. The van der Waals surface area contributed by atoms with Crippen LogP contribution in [0.1, 0.15) is 0 Å². The van der Waals surface area contributed by atoms with Crippen molar-refractivity contribution >= 4 is 20.9 Å². The van der Waals surface area contributed by atoms with Crippen molar-refractivity contribution in [2.75, 3.05) is 26.3 Å². The van der Waals surface area contributed by atoms with Gasteiger partial charge in [0.15, 0.2) is 0 Å². The first-order chi connectivity index (χ1) is 4.73. The highest BCUT2D eigenvalue weighted by atomic mass is 32.1. The second-order valence-corrected chi connectivity index (χ2v) is 1.67. The quantitative estimate of drug-likeness (QED) is 0.382. The van der Waals surface area contributed by atoms with Gasteiger partial charge in [0.25, 0.3) is 0 Å². The van der Waals surface area contributed by atoms with Crippen LogP contribution in [0.4, 0.5) is 18.4 Å². The van der Waals surface area contributed by atoms with Crippen molar-refractivity contribution < 1.29 is 33.2 Å².